The van der Waals surface area contributed by atoms with Gasteiger partial charge >= 0.3 is 0 Å². The Morgan fingerprint density at radius 1 is 1.30 bits per heavy atom. The van der Waals surface area contributed by atoms with E-state index in [0.717, 1.165) is 5.69 Å². The zero-order chi connectivity index (χ0) is 14.3. The smallest absolute Gasteiger partial charge is 0.190 e. The highest BCUT2D eigenvalue weighted by Crippen LogP contribution is 2.25. The van der Waals surface area contributed by atoms with Crippen LogP contribution in [-0.4, -0.2) is 30.0 Å². The molecule has 2 N–H and O–H groups in total. The van der Waals surface area contributed by atoms with Crippen molar-refractivity contribution in [1.29, 1.82) is 0 Å². The number of rotatable bonds is 2. The van der Waals surface area contributed by atoms with Crippen molar-refractivity contribution < 1.29 is 4.39 Å². The van der Waals surface area contributed by atoms with E-state index in [2.05, 4.69) is 20.6 Å². The molecule has 8 heteroatoms. The number of nitrogens with zero attached hydrogens (tertiary/aromatic N) is 6. The first-order valence-electron chi connectivity index (χ1n) is 5.90. The van der Waals surface area contributed by atoms with Crippen LogP contribution in [0.25, 0.3) is 17.1 Å². The van der Waals surface area contributed by atoms with Gasteiger partial charge in [0.2, 0.25) is 0 Å². The zero-order valence-electron chi connectivity index (χ0n) is 10.9. The van der Waals surface area contributed by atoms with Crippen molar-refractivity contribution in [3.05, 3.63) is 35.9 Å². The van der Waals surface area contributed by atoms with Gasteiger partial charge in [0.05, 0.1) is 17.5 Å². The molecule has 0 unspecified atom stereocenters. The van der Waals surface area contributed by atoms with Crippen LogP contribution in [0, 0.1) is 12.7 Å². The summed E-state index contributed by atoms with van der Waals surface area (Å²) in [5, 5.41) is 15.6. The number of aromatic nitrogens is 6. The molecule has 0 radical (unpaired) electrons. The molecule has 2 heterocycles. The number of tetrazole rings is 1. The highest BCUT2D eigenvalue weighted by atomic mass is 19.1. The molecule has 7 nitrogen and oxygen atoms in total. The molecule has 0 amide bonds. The van der Waals surface area contributed by atoms with Gasteiger partial charge in [-0.15, -0.1) is 5.10 Å². The number of aryl methyl sites for hydroxylation is 2. The van der Waals surface area contributed by atoms with Crippen molar-refractivity contribution in [3.8, 4) is 17.1 Å². The zero-order valence-corrected chi connectivity index (χ0v) is 10.9. The largest absolute Gasteiger partial charge is 0.399 e. The Bertz CT molecular complexity index is 774. The summed E-state index contributed by atoms with van der Waals surface area (Å²) in [4.78, 5) is 0. The van der Waals surface area contributed by atoms with E-state index in [1.165, 1.54) is 22.9 Å². The molecular formula is C12H12FN7. The second kappa shape index (κ2) is 4.41. The molecule has 20 heavy (non-hydrogen) atoms. The summed E-state index contributed by atoms with van der Waals surface area (Å²) in [5.41, 5.74) is 7.82. The molecular weight excluding hydrogens is 261 g/mol. The van der Waals surface area contributed by atoms with Crippen LogP contribution in [0.1, 0.15) is 5.69 Å². The first-order valence-corrected chi connectivity index (χ1v) is 5.90. The molecule has 0 aliphatic carbocycles. The lowest BCUT2D eigenvalue weighted by Gasteiger charge is -2.05. The minimum Gasteiger partial charge on any atom is -0.399 e. The fourth-order valence-electron chi connectivity index (χ4n) is 2.03. The molecule has 3 aromatic rings. The van der Waals surface area contributed by atoms with Crippen molar-refractivity contribution in [2.75, 3.05) is 5.73 Å². The maximum atomic E-state index is 13.9. The first kappa shape index (κ1) is 12.3. The van der Waals surface area contributed by atoms with Crippen LogP contribution >= 0.6 is 0 Å². The van der Waals surface area contributed by atoms with Gasteiger partial charge in [0.1, 0.15) is 11.5 Å². The monoisotopic (exact) mass is 273 g/mol. The topological polar surface area (TPSA) is 87.4 Å². The summed E-state index contributed by atoms with van der Waals surface area (Å²) in [7, 11) is 1.79. The molecule has 0 bridgehead atoms. The predicted molar refractivity (Wildman–Crippen MR) is 70.5 cm³/mol. The third-order valence-corrected chi connectivity index (χ3v) is 2.92. The SMILES string of the molecule is Cc1nn(C)cc1-n1nnnc1-c1cc(N)ccc1F. The molecule has 0 spiro atoms. The molecule has 1 aromatic carbocycles. The Balaban J connectivity index is 2.20. The van der Waals surface area contributed by atoms with Crippen LogP contribution in [0.15, 0.2) is 24.4 Å². The summed E-state index contributed by atoms with van der Waals surface area (Å²) < 4.78 is 17.0. The number of halogens is 1. The van der Waals surface area contributed by atoms with Gasteiger partial charge in [-0.25, -0.2) is 4.39 Å². The van der Waals surface area contributed by atoms with Crippen LogP contribution in [0.5, 0.6) is 0 Å². The second-order valence-corrected chi connectivity index (χ2v) is 4.43. The van der Waals surface area contributed by atoms with Gasteiger partial charge in [0.15, 0.2) is 5.82 Å². The molecule has 0 aliphatic rings. The molecule has 3 rings (SSSR count). The molecule has 0 atom stereocenters. The van der Waals surface area contributed by atoms with Crippen molar-refractivity contribution in [2.24, 2.45) is 7.05 Å². The van der Waals surface area contributed by atoms with Crippen LogP contribution in [0.4, 0.5) is 10.1 Å². The number of hydrogen-bond acceptors (Lipinski definition) is 5. The Morgan fingerprint density at radius 2 is 2.10 bits per heavy atom. The van der Waals surface area contributed by atoms with Gasteiger partial charge in [0.25, 0.3) is 0 Å². The lowest BCUT2D eigenvalue weighted by molar-refractivity contribution is 0.629. The van der Waals surface area contributed by atoms with Crippen LogP contribution in [-0.2, 0) is 7.05 Å². The van der Waals surface area contributed by atoms with Gasteiger partial charge in [0, 0.05) is 12.7 Å². The van der Waals surface area contributed by atoms with E-state index in [0.29, 0.717) is 11.4 Å². The van der Waals surface area contributed by atoms with E-state index < -0.39 is 5.82 Å². The Kier molecular flexibility index (Phi) is 2.70. The third kappa shape index (κ3) is 1.91. The van der Waals surface area contributed by atoms with E-state index in [1.807, 2.05) is 6.92 Å². The van der Waals surface area contributed by atoms with Crippen molar-refractivity contribution in [3.63, 3.8) is 0 Å². The summed E-state index contributed by atoms with van der Waals surface area (Å²) in [6.45, 7) is 1.83. The Morgan fingerprint density at radius 3 is 2.80 bits per heavy atom. The lowest BCUT2D eigenvalue weighted by atomic mass is 10.1. The molecule has 0 fully saturated rings. The fraction of sp³-hybridized carbons (Fsp3) is 0.167. The Hall–Kier alpha value is -2.77. The third-order valence-electron chi connectivity index (χ3n) is 2.92. The normalized spacial score (nSPS) is 10.9. The molecule has 0 saturated carbocycles. The fourth-order valence-corrected chi connectivity index (χ4v) is 2.03. The highest BCUT2D eigenvalue weighted by molar-refractivity contribution is 5.63. The highest BCUT2D eigenvalue weighted by Gasteiger charge is 2.17. The van der Waals surface area contributed by atoms with E-state index in [4.69, 9.17) is 5.73 Å². The summed E-state index contributed by atoms with van der Waals surface area (Å²) in [6, 6.07) is 4.28. The van der Waals surface area contributed by atoms with Crippen LogP contribution < -0.4 is 5.73 Å². The molecule has 0 saturated heterocycles. The quantitative estimate of drug-likeness (QED) is 0.706. The van der Waals surface area contributed by atoms with Crippen LogP contribution in [0.3, 0.4) is 0 Å². The summed E-state index contributed by atoms with van der Waals surface area (Å²) in [5.74, 6) is -0.150. The van der Waals surface area contributed by atoms with Gasteiger partial charge in [-0.05, 0) is 35.5 Å². The molecule has 0 aliphatic heterocycles. The average Bonchev–Trinajstić information content (AvgIpc) is 2.98. The number of nitrogens with two attached hydrogens (primary N) is 1. The summed E-state index contributed by atoms with van der Waals surface area (Å²) in [6.07, 6.45) is 1.76. The van der Waals surface area contributed by atoms with Crippen molar-refractivity contribution in [2.45, 2.75) is 6.92 Å². The molecule has 102 valence electrons. The number of benzene rings is 1. The van der Waals surface area contributed by atoms with Gasteiger partial charge in [-0.3, -0.25) is 4.68 Å². The lowest BCUT2D eigenvalue weighted by Crippen LogP contribution is -2.02. The average molecular weight is 273 g/mol. The van der Waals surface area contributed by atoms with E-state index in [1.54, 1.807) is 17.9 Å². The minimum atomic E-state index is -0.434. The number of anilines is 1. The first-order chi connectivity index (χ1) is 9.56. The van der Waals surface area contributed by atoms with E-state index >= 15 is 0 Å². The molecule has 2 aromatic heterocycles. The standard InChI is InChI=1S/C12H12FN7/c1-7-11(6-19(2)16-7)20-12(15-17-18-20)9-5-8(14)3-4-10(9)13/h3-6H,14H2,1-2H3. The number of nitrogen functional groups attached to an aromatic ring is 1. The number of hydrogen-bond donors (Lipinski definition) is 1. The van der Waals surface area contributed by atoms with E-state index in [9.17, 15) is 4.39 Å². The van der Waals surface area contributed by atoms with Crippen molar-refractivity contribution in [1.82, 2.24) is 30.0 Å². The second-order valence-electron chi connectivity index (χ2n) is 4.43. The predicted octanol–water partition coefficient (Wildman–Crippen LogP) is 1.09. The summed E-state index contributed by atoms with van der Waals surface area (Å²) >= 11 is 0. The maximum Gasteiger partial charge on any atom is 0.190 e. The van der Waals surface area contributed by atoms with Gasteiger partial charge in [-0.2, -0.15) is 9.78 Å². The Labute approximate surface area is 113 Å². The minimum absolute atomic E-state index is 0.248. The van der Waals surface area contributed by atoms with Gasteiger partial charge in [-0.1, -0.05) is 0 Å². The van der Waals surface area contributed by atoms with Crippen molar-refractivity contribution >= 4 is 5.69 Å². The van der Waals surface area contributed by atoms with Gasteiger partial charge < -0.3 is 5.73 Å². The maximum absolute atomic E-state index is 13.9. The van der Waals surface area contributed by atoms with E-state index in [-0.39, 0.29) is 11.4 Å². The van der Waals surface area contributed by atoms with Crippen LogP contribution in [0.2, 0.25) is 0 Å².